The number of hydrogen-bond acceptors (Lipinski definition) is 5. The van der Waals surface area contributed by atoms with E-state index >= 15 is 0 Å². The molecular formula is C21H27NO5. The van der Waals surface area contributed by atoms with Crippen molar-refractivity contribution in [2.75, 3.05) is 39.3 Å². The highest BCUT2D eigenvalue weighted by Crippen LogP contribution is 2.19. The van der Waals surface area contributed by atoms with E-state index in [2.05, 4.69) is 0 Å². The monoisotopic (exact) mass is 373 g/mol. The molecule has 146 valence electrons. The van der Waals surface area contributed by atoms with Gasteiger partial charge in [-0.3, -0.25) is 0 Å². The van der Waals surface area contributed by atoms with Crippen LogP contribution in [0.4, 0.5) is 5.69 Å². The van der Waals surface area contributed by atoms with Gasteiger partial charge in [-0.2, -0.15) is 0 Å². The van der Waals surface area contributed by atoms with E-state index < -0.39 is 12.1 Å². The molecule has 27 heavy (non-hydrogen) atoms. The molecule has 2 rings (SSSR count). The third-order valence-electron chi connectivity index (χ3n) is 4.06. The molecule has 0 aliphatic carbocycles. The molecule has 0 saturated carbocycles. The number of rotatable bonds is 11. The van der Waals surface area contributed by atoms with Crippen LogP contribution in [0.3, 0.4) is 0 Å². The van der Waals surface area contributed by atoms with Gasteiger partial charge in [-0.05, 0) is 29.8 Å². The highest BCUT2D eigenvalue weighted by molar-refractivity contribution is 5.72. The standard InChI is InChI=1S/C21H27NO5/c1-22(2)17-6-4-7-19(15-17)27-13-5-12-26-18-10-8-16(9-11-18)14-20(25-3)21(23)24/h4,6-11,15,20H,5,12-14H2,1-3H3,(H,23,24)/t20-/m0/s1. The van der Waals surface area contributed by atoms with E-state index in [0.717, 1.165) is 29.2 Å². The molecule has 2 aromatic rings. The predicted octanol–water partition coefficient (Wildman–Crippen LogP) is 3.24. The van der Waals surface area contributed by atoms with Crippen LogP contribution in [-0.2, 0) is 16.0 Å². The number of carboxylic acids is 1. The molecule has 6 nitrogen and oxygen atoms in total. The zero-order valence-electron chi connectivity index (χ0n) is 16.1. The smallest absolute Gasteiger partial charge is 0.333 e. The molecule has 1 N–H and O–H groups in total. The van der Waals surface area contributed by atoms with Crippen LogP contribution in [0.15, 0.2) is 48.5 Å². The maximum atomic E-state index is 11.0. The molecule has 0 spiro atoms. The summed E-state index contributed by atoms with van der Waals surface area (Å²) >= 11 is 0. The molecule has 1 atom stereocenters. The van der Waals surface area contributed by atoms with Crippen LogP contribution in [0.2, 0.25) is 0 Å². The summed E-state index contributed by atoms with van der Waals surface area (Å²) in [6.07, 6.45) is 0.255. The lowest BCUT2D eigenvalue weighted by molar-refractivity contribution is -0.148. The molecule has 6 heteroatoms. The Hall–Kier alpha value is -2.73. The molecule has 0 fully saturated rings. The number of nitrogens with zero attached hydrogens (tertiary/aromatic N) is 1. The first-order chi connectivity index (χ1) is 13.0. The van der Waals surface area contributed by atoms with Crippen molar-refractivity contribution in [1.82, 2.24) is 0 Å². The zero-order chi connectivity index (χ0) is 19.6. The third kappa shape index (κ3) is 6.83. The van der Waals surface area contributed by atoms with Crippen molar-refractivity contribution >= 4 is 11.7 Å². The van der Waals surface area contributed by atoms with Gasteiger partial charge in [-0.1, -0.05) is 18.2 Å². The van der Waals surface area contributed by atoms with Crippen LogP contribution in [0.1, 0.15) is 12.0 Å². The fraction of sp³-hybridized carbons (Fsp3) is 0.381. The van der Waals surface area contributed by atoms with Crippen molar-refractivity contribution in [2.24, 2.45) is 0 Å². The minimum absolute atomic E-state index is 0.325. The van der Waals surface area contributed by atoms with Gasteiger partial charge < -0.3 is 24.2 Å². The van der Waals surface area contributed by atoms with Crippen LogP contribution in [-0.4, -0.2) is 51.6 Å². The number of anilines is 1. The Balaban J connectivity index is 1.71. The molecule has 0 saturated heterocycles. The molecule has 0 bridgehead atoms. The van der Waals surface area contributed by atoms with Crippen molar-refractivity contribution in [3.63, 3.8) is 0 Å². The Morgan fingerprint density at radius 2 is 1.70 bits per heavy atom. The van der Waals surface area contributed by atoms with E-state index in [1.165, 1.54) is 7.11 Å². The Morgan fingerprint density at radius 1 is 1.04 bits per heavy atom. The number of ether oxygens (including phenoxy) is 3. The first-order valence-electron chi connectivity index (χ1n) is 8.87. The maximum absolute atomic E-state index is 11.0. The molecule has 0 aromatic heterocycles. The van der Waals surface area contributed by atoms with Gasteiger partial charge in [0.15, 0.2) is 6.10 Å². The third-order valence-corrected chi connectivity index (χ3v) is 4.06. The minimum atomic E-state index is -0.964. The molecular weight excluding hydrogens is 346 g/mol. The lowest BCUT2D eigenvalue weighted by Crippen LogP contribution is -2.24. The molecule has 0 heterocycles. The number of carboxylic acid groups (broad SMARTS) is 1. The quantitative estimate of drug-likeness (QED) is 0.610. The fourth-order valence-corrected chi connectivity index (χ4v) is 2.50. The summed E-state index contributed by atoms with van der Waals surface area (Å²) in [5.74, 6) is 0.628. The van der Waals surface area contributed by atoms with Gasteiger partial charge in [0.2, 0.25) is 0 Å². The fourth-order valence-electron chi connectivity index (χ4n) is 2.50. The highest BCUT2D eigenvalue weighted by Gasteiger charge is 2.16. The summed E-state index contributed by atoms with van der Waals surface area (Å²) < 4.78 is 16.4. The first kappa shape index (κ1) is 20.6. The van der Waals surface area contributed by atoms with E-state index in [4.69, 9.17) is 19.3 Å². The summed E-state index contributed by atoms with van der Waals surface area (Å²) in [6, 6.07) is 15.3. The van der Waals surface area contributed by atoms with E-state index in [1.807, 2.05) is 67.5 Å². The topological polar surface area (TPSA) is 68.2 Å². The highest BCUT2D eigenvalue weighted by atomic mass is 16.5. The zero-order valence-corrected chi connectivity index (χ0v) is 16.1. The molecule has 0 radical (unpaired) electrons. The number of benzene rings is 2. The minimum Gasteiger partial charge on any atom is -0.493 e. The number of methoxy groups -OCH3 is 1. The van der Waals surface area contributed by atoms with Crippen molar-refractivity contribution in [2.45, 2.75) is 18.9 Å². The summed E-state index contributed by atoms with van der Waals surface area (Å²) in [7, 11) is 5.39. The van der Waals surface area contributed by atoms with Gasteiger partial charge in [0.25, 0.3) is 0 Å². The first-order valence-corrected chi connectivity index (χ1v) is 8.87. The van der Waals surface area contributed by atoms with E-state index in [9.17, 15) is 4.79 Å². The van der Waals surface area contributed by atoms with Crippen LogP contribution in [0, 0.1) is 0 Å². The van der Waals surface area contributed by atoms with Crippen LogP contribution < -0.4 is 14.4 Å². The number of aliphatic carboxylic acids is 1. The van der Waals surface area contributed by atoms with Crippen molar-refractivity contribution < 1.29 is 24.1 Å². The van der Waals surface area contributed by atoms with Gasteiger partial charge in [0.05, 0.1) is 13.2 Å². The Labute approximate surface area is 160 Å². The second-order valence-electron chi connectivity index (χ2n) is 6.35. The number of hydrogen-bond donors (Lipinski definition) is 1. The second-order valence-corrected chi connectivity index (χ2v) is 6.35. The SMILES string of the molecule is CO[C@@H](Cc1ccc(OCCCOc2cccc(N(C)C)c2)cc1)C(=O)O. The summed E-state index contributed by atoms with van der Waals surface area (Å²) in [4.78, 5) is 13.0. The van der Waals surface area contributed by atoms with Crippen LogP contribution in [0.25, 0.3) is 0 Å². The van der Waals surface area contributed by atoms with E-state index in [1.54, 1.807) is 0 Å². The van der Waals surface area contributed by atoms with Gasteiger partial charge in [-0.15, -0.1) is 0 Å². The van der Waals surface area contributed by atoms with Gasteiger partial charge >= 0.3 is 5.97 Å². The molecule has 0 amide bonds. The molecule has 0 aliphatic rings. The summed E-state index contributed by atoms with van der Waals surface area (Å²) in [5.41, 5.74) is 1.99. The van der Waals surface area contributed by atoms with Crippen molar-refractivity contribution in [1.29, 1.82) is 0 Å². The second kappa shape index (κ2) is 10.4. The van der Waals surface area contributed by atoms with Gasteiger partial charge in [0, 0.05) is 45.8 Å². The lowest BCUT2D eigenvalue weighted by Gasteiger charge is -2.14. The van der Waals surface area contributed by atoms with Crippen molar-refractivity contribution in [3.05, 3.63) is 54.1 Å². The normalized spacial score (nSPS) is 11.7. The maximum Gasteiger partial charge on any atom is 0.333 e. The summed E-state index contributed by atoms with van der Waals surface area (Å²) in [5, 5.41) is 9.02. The Bertz CT molecular complexity index is 715. The molecule has 2 aromatic carbocycles. The Morgan fingerprint density at radius 3 is 2.30 bits per heavy atom. The number of carbonyl (C=O) groups is 1. The lowest BCUT2D eigenvalue weighted by atomic mass is 10.1. The predicted molar refractivity (Wildman–Crippen MR) is 105 cm³/mol. The van der Waals surface area contributed by atoms with Crippen LogP contribution >= 0.6 is 0 Å². The Kier molecular flexibility index (Phi) is 7.95. The summed E-state index contributed by atoms with van der Waals surface area (Å²) in [6.45, 7) is 1.12. The van der Waals surface area contributed by atoms with Crippen molar-refractivity contribution in [3.8, 4) is 11.5 Å². The van der Waals surface area contributed by atoms with E-state index in [-0.39, 0.29) is 0 Å². The molecule has 0 unspecified atom stereocenters. The van der Waals surface area contributed by atoms with Gasteiger partial charge in [0.1, 0.15) is 11.5 Å². The average Bonchev–Trinajstić information content (AvgIpc) is 2.67. The van der Waals surface area contributed by atoms with Gasteiger partial charge in [-0.25, -0.2) is 4.79 Å². The molecule has 0 aliphatic heterocycles. The van der Waals surface area contributed by atoms with E-state index in [0.29, 0.717) is 19.6 Å². The average molecular weight is 373 g/mol. The van der Waals surface area contributed by atoms with Crippen LogP contribution in [0.5, 0.6) is 11.5 Å². The largest absolute Gasteiger partial charge is 0.493 e.